The number of carbonyl (C=O) groups excluding carboxylic acids is 1. The first-order chi connectivity index (χ1) is 9.82. The van der Waals surface area contributed by atoms with E-state index in [0.29, 0.717) is 36.7 Å². The number of methoxy groups -OCH3 is 1. The molecule has 0 spiro atoms. The molecule has 116 valence electrons. The van der Waals surface area contributed by atoms with E-state index in [0.717, 1.165) is 6.42 Å². The van der Waals surface area contributed by atoms with Crippen LogP contribution in [0.5, 0.6) is 0 Å². The minimum Gasteiger partial charge on any atom is -0.384 e. The monoisotopic (exact) mass is 312 g/mol. The maximum atomic E-state index is 12.4. The number of sulfonamides is 1. The van der Waals surface area contributed by atoms with Gasteiger partial charge in [-0.05, 0) is 31.0 Å². The molecule has 1 aromatic carbocycles. The summed E-state index contributed by atoms with van der Waals surface area (Å²) in [7, 11) is -2.18. The average Bonchev–Trinajstić information content (AvgIpc) is 2.86. The summed E-state index contributed by atoms with van der Waals surface area (Å²) in [5.74, 6) is 0.167. The SMILES string of the molecule is COCC1CCN(C(=O)c2ccc(C)c(S(N)(=O)=O)c2)C1. The normalized spacial score (nSPS) is 19.0. The van der Waals surface area contributed by atoms with E-state index in [-0.39, 0.29) is 10.8 Å². The minimum atomic E-state index is -3.82. The van der Waals surface area contributed by atoms with Crippen LogP contribution in [0.15, 0.2) is 23.1 Å². The topological polar surface area (TPSA) is 89.7 Å². The number of rotatable bonds is 4. The highest BCUT2D eigenvalue weighted by molar-refractivity contribution is 7.89. The molecule has 1 fully saturated rings. The molecule has 0 bridgehead atoms. The molecule has 6 nitrogen and oxygen atoms in total. The van der Waals surface area contributed by atoms with Gasteiger partial charge in [0.25, 0.3) is 5.91 Å². The molecule has 1 saturated heterocycles. The summed E-state index contributed by atoms with van der Waals surface area (Å²) in [6.07, 6.45) is 0.896. The summed E-state index contributed by atoms with van der Waals surface area (Å²) < 4.78 is 28.2. The number of ether oxygens (including phenoxy) is 1. The van der Waals surface area contributed by atoms with Gasteiger partial charge in [0.1, 0.15) is 0 Å². The summed E-state index contributed by atoms with van der Waals surface area (Å²) in [4.78, 5) is 14.2. The van der Waals surface area contributed by atoms with Crippen LogP contribution in [-0.2, 0) is 14.8 Å². The second kappa shape index (κ2) is 6.13. The van der Waals surface area contributed by atoms with Crippen LogP contribution in [0.2, 0.25) is 0 Å². The lowest BCUT2D eigenvalue weighted by Crippen LogP contribution is -2.29. The Kier molecular flexibility index (Phi) is 4.65. The molecule has 0 saturated carbocycles. The number of hydrogen-bond donors (Lipinski definition) is 1. The highest BCUT2D eigenvalue weighted by Gasteiger charge is 2.27. The Morgan fingerprint density at radius 3 is 2.81 bits per heavy atom. The molecule has 2 N–H and O–H groups in total. The van der Waals surface area contributed by atoms with E-state index in [1.165, 1.54) is 6.07 Å². The molecule has 7 heteroatoms. The number of amides is 1. The first-order valence-electron chi connectivity index (χ1n) is 6.74. The number of hydrogen-bond acceptors (Lipinski definition) is 4. The Bertz CT molecular complexity index is 642. The number of primary sulfonamides is 1. The number of nitrogens with two attached hydrogens (primary N) is 1. The van der Waals surface area contributed by atoms with Crippen molar-refractivity contribution in [2.24, 2.45) is 11.1 Å². The third-order valence-electron chi connectivity index (χ3n) is 3.72. The Balaban J connectivity index is 2.21. The quantitative estimate of drug-likeness (QED) is 0.888. The zero-order valence-corrected chi connectivity index (χ0v) is 13.0. The van der Waals surface area contributed by atoms with Gasteiger partial charge in [0, 0.05) is 31.7 Å². The van der Waals surface area contributed by atoms with Gasteiger partial charge in [0.2, 0.25) is 10.0 Å². The van der Waals surface area contributed by atoms with Crippen molar-refractivity contribution in [2.45, 2.75) is 18.2 Å². The van der Waals surface area contributed by atoms with Gasteiger partial charge in [-0.3, -0.25) is 4.79 Å². The molecule has 0 aromatic heterocycles. The smallest absolute Gasteiger partial charge is 0.253 e. The summed E-state index contributed by atoms with van der Waals surface area (Å²) >= 11 is 0. The molecule has 2 rings (SSSR count). The molecule has 1 aliphatic heterocycles. The van der Waals surface area contributed by atoms with Gasteiger partial charge in [-0.25, -0.2) is 13.6 Å². The van der Waals surface area contributed by atoms with Crippen LogP contribution in [-0.4, -0.2) is 46.0 Å². The number of carbonyl (C=O) groups is 1. The number of nitrogens with zero attached hydrogens (tertiary/aromatic N) is 1. The van der Waals surface area contributed by atoms with Crippen molar-refractivity contribution in [2.75, 3.05) is 26.8 Å². The van der Waals surface area contributed by atoms with E-state index >= 15 is 0 Å². The van der Waals surface area contributed by atoms with Crippen LogP contribution in [0.1, 0.15) is 22.3 Å². The maximum Gasteiger partial charge on any atom is 0.253 e. The van der Waals surface area contributed by atoms with E-state index in [1.54, 1.807) is 31.1 Å². The van der Waals surface area contributed by atoms with Crippen molar-refractivity contribution in [3.8, 4) is 0 Å². The lowest BCUT2D eigenvalue weighted by atomic mass is 10.1. The largest absolute Gasteiger partial charge is 0.384 e. The van der Waals surface area contributed by atoms with Crippen molar-refractivity contribution >= 4 is 15.9 Å². The Morgan fingerprint density at radius 1 is 1.48 bits per heavy atom. The molecule has 1 aliphatic rings. The number of likely N-dealkylation sites (tertiary alicyclic amines) is 1. The fourth-order valence-electron chi connectivity index (χ4n) is 2.61. The highest BCUT2D eigenvalue weighted by Crippen LogP contribution is 2.21. The van der Waals surface area contributed by atoms with Crippen molar-refractivity contribution in [1.82, 2.24) is 4.90 Å². The molecule has 0 radical (unpaired) electrons. The molecule has 1 atom stereocenters. The molecule has 21 heavy (non-hydrogen) atoms. The van der Waals surface area contributed by atoms with Gasteiger partial charge in [-0.15, -0.1) is 0 Å². The molecular weight excluding hydrogens is 292 g/mol. The first kappa shape index (κ1) is 15.9. The van der Waals surface area contributed by atoms with Crippen LogP contribution < -0.4 is 5.14 Å². The van der Waals surface area contributed by atoms with Crippen LogP contribution in [0, 0.1) is 12.8 Å². The third-order valence-corrected chi connectivity index (χ3v) is 4.77. The average molecular weight is 312 g/mol. The standard InChI is InChI=1S/C14H20N2O4S/c1-10-3-4-12(7-13(10)21(15,18)19)14(17)16-6-5-11(8-16)9-20-2/h3-4,7,11H,5-6,8-9H2,1-2H3,(H2,15,18,19). The Labute approximate surface area is 124 Å². The fourth-order valence-corrected chi connectivity index (χ4v) is 3.42. The zero-order chi connectivity index (χ0) is 15.6. The Hall–Kier alpha value is -1.44. The minimum absolute atomic E-state index is 0.000915. The van der Waals surface area contributed by atoms with Gasteiger partial charge >= 0.3 is 0 Å². The predicted molar refractivity (Wildman–Crippen MR) is 78.4 cm³/mol. The van der Waals surface area contributed by atoms with Gasteiger partial charge < -0.3 is 9.64 Å². The van der Waals surface area contributed by atoms with Crippen molar-refractivity contribution in [1.29, 1.82) is 0 Å². The lowest BCUT2D eigenvalue weighted by molar-refractivity contribution is 0.0775. The molecule has 1 heterocycles. The van der Waals surface area contributed by atoms with Crippen LogP contribution in [0.25, 0.3) is 0 Å². The molecular formula is C14H20N2O4S. The maximum absolute atomic E-state index is 12.4. The van der Waals surface area contributed by atoms with Gasteiger partial charge in [-0.2, -0.15) is 0 Å². The lowest BCUT2D eigenvalue weighted by Gasteiger charge is -2.17. The summed E-state index contributed by atoms with van der Waals surface area (Å²) in [6.45, 7) is 3.56. The second-order valence-corrected chi connectivity index (χ2v) is 6.92. The van der Waals surface area contributed by atoms with Crippen LogP contribution in [0.3, 0.4) is 0 Å². The van der Waals surface area contributed by atoms with Crippen molar-refractivity contribution in [3.63, 3.8) is 0 Å². The van der Waals surface area contributed by atoms with Gasteiger partial charge in [-0.1, -0.05) is 6.07 Å². The Morgan fingerprint density at radius 2 is 2.19 bits per heavy atom. The van der Waals surface area contributed by atoms with Crippen LogP contribution in [0.4, 0.5) is 0 Å². The molecule has 1 unspecified atom stereocenters. The predicted octanol–water partition coefficient (Wildman–Crippen LogP) is 0.751. The second-order valence-electron chi connectivity index (χ2n) is 5.39. The third kappa shape index (κ3) is 3.61. The number of benzene rings is 1. The zero-order valence-electron chi connectivity index (χ0n) is 12.2. The van der Waals surface area contributed by atoms with Gasteiger partial charge in [0.15, 0.2) is 0 Å². The van der Waals surface area contributed by atoms with Crippen molar-refractivity contribution in [3.05, 3.63) is 29.3 Å². The van der Waals surface area contributed by atoms with E-state index in [4.69, 9.17) is 9.88 Å². The highest BCUT2D eigenvalue weighted by atomic mass is 32.2. The van der Waals surface area contributed by atoms with E-state index < -0.39 is 10.0 Å². The van der Waals surface area contributed by atoms with E-state index in [2.05, 4.69) is 0 Å². The summed E-state index contributed by atoms with van der Waals surface area (Å²) in [6, 6.07) is 4.60. The summed E-state index contributed by atoms with van der Waals surface area (Å²) in [5, 5.41) is 5.17. The molecule has 1 aromatic rings. The first-order valence-corrected chi connectivity index (χ1v) is 8.29. The van der Waals surface area contributed by atoms with E-state index in [1.807, 2.05) is 0 Å². The fraction of sp³-hybridized carbons (Fsp3) is 0.500. The van der Waals surface area contributed by atoms with Gasteiger partial charge in [0.05, 0.1) is 11.5 Å². The van der Waals surface area contributed by atoms with Crippen LogP contribution >= 0.6 is 0 Å². The summed E-state index contributed by atoms with van der Waals surface area (Å²) in [5.41, 5.74) is 0.885. The molecule has 0 aliphatic carbocycles. The van der Waals surface area contributed by atoms with Crippen molar-refractivity contribution < 1.29 is 17.9 Å². The molecule has 1 amide bonds. The van der Waals surface area contributed by atoms with E-state index in [9.17, 15) is 13.2 Å². The number of aryl methyl sites for hydroxylation is 1.